The lowest BCUT2D eigenvalue weighted by Crippen LogP contribution is -2.48. The summed E-state index contributed by atoms with van der Waals surface area (Å²) in [7, 11) is 0. The molecule has 0 radical (unpaired) electrons. The van der Waals surface area contributed by atoms with Gasteiger partial charge in [-0.2, -0.15) is 0 Å². The second-order valence-electron chi connectivity index (χ2n) is 6.16. The molecule has 5 heteroatoms. The minimum Gasteiger partial charge on any atom is -0.488 e. The fourth-order valence-corrected chi connectivity index (χ4v) is 3.31. The van der Waals surface area contributed by atoms with E-state index in [1.165, 1.54) is 5.56 Å². The Bertz CT molecular complexity index is 495. The van der Waals surface area contributed by atoms with Gasteiger partial charge in [-0.3, -0.25) is 9.69 Å². The molecule has 0 aliphatic carbocycles. The molecule has 2 N–H and O–H groups in total. The number of rotatable bonds is 5. The molecular formula is C17H24N2O3. The molecule has 0 bridgehead atoms. The van der Waals surface area contributed by atoms with E-state index in [-0.39, 0.29) is 24.7 Å². The van der Waals surface area contributed by atoms with Crippen molar-refractivity contribution in [2.24, 2.45) is 0 Å². The Kier molecular flexibility index (Phi) is 4.95. The van der Waals surface area contributed by atoms with Crippen LogP contribution in [0, 0.1) is 0 Å². The Morgan fingerprint density at radius 2 is 2.23 bits per heavy atom. The summed E-state index contributed by atoms with van der Waals surface area (Å²) < 4.78 is 5.82. The highest BCUT2D eigenvalue weighted by Gasteiger charge is 2.25. The number of aliphatic hydroxyl groups excluding tert-OH is 1. The Hall–Kier alpha value is -1.59. The average molecular weight is 304 g/mol. The molecule has 5 nitrogen and oxygen atoms in total. The maximum absolute atomic E-state index is 12.1. The van der Waals surface area contributed by atoms with Crippen molar-refractivity contribution in [2.45, 2.75) is 37.8 Å². The van der Waals surface area contributed by atoms with Crippen LogP contribution in [0.3, 0.4) is 0 Å². The molecule has 2 atom stereocenters. The van der Waals surface area contributed by atoms with Crippen molar-refractivity contribution in [1.29, 1.82) is 0 Å². The number of ether oxygens (including phenoxy) is 1. The molecule has 1 amide bonds. The molecule has 0 aromatic heterocycles. The highest BCUT2D eigenvalue weighted by molar-refractivity contribution is 5.78. The molecule has 0 spiro atoms. The van der Waals surface area contributed by atoms with E-state index in [0.717, 1.165) is 38.0 Å². The van der Waals surface area contributed by atoms with Gasteiger partial charge >= 0.3 is 0 Å². The lowest BCUT2D eigenvalue weighted by molar-refractivity contribution is -0.123. The van der Waals surface area contributed by atoms with Gasteiger partial charge in [0, 0.05) is 12.5 Å². The second-order valence-corrected chi connectivity index (χ2v) is 6.16. The van der Waals surface area contributed by atoms with E-state index >= 15 is 0 Å². The lowest BCUT2D eigenvalue weighted by atomic mass is 10.0. The number of piperidine rings is 1. The number of para-hydroxylation sites is 1. The molecule has 1 fully saturated rings. The maximum atomic E-state index is 12.1. The number of aliphatic hydroxyl groups is 1. The van der Waals surface area contributed by atoms with Crippen LogP contribution in [-0.2, 0) is 11.2 Å². The number of hydrogen-bond acceptors (Lipinski definition) is 4. The van der Waals surface area contributed by atoms with Crippen molar-refractivity contribution >= 4 is 5.91 Å². The van der Waals surface area contributed by atoms with Crippen molar-refractivity contribution in [3.63, 3.8) is 0 Å². The van der Waals surface area contributed by atoms with Crippen LogP contribution in [0.15, 0.2) is 24.3 Å². The molecule has 2 aliphatic rings. The number of amides is 1. The summed E-state index contributed by atoms with van der Waals surface area (Å²) in [6, 6.07) is 8.14. The van der Waals surface area contributed by atoms with E-state index in [2.05, 4.69) is 16.3 Å². The summed E-state index contributed by atoms with van der Waals surface area (Å²) >= 11 is 0. The van der Waals surface area contributed by atoms with Gasteiger partial charge in [0.2, 0.25) is 5.91 Å². The van der Waals surface area contributed by atoms with Crippen LogP contribution in [0.25, 0.3) is 0 Å². The highest BCUT2D eigenvalue weighted by Crippen LogP contribution is 2.27. The van der Waals surface area contributed by atoms with E-state index in [1.54, 1.807) is 0 Å². The summed E-state index contributed by atoms with van der Waals surface area (Å²) in [5.74, 6) is 0.943. The number of carbonyl (C=O) groups is 1. The zero-order chi connectivity index (χ0) is 15.4. The van der Waals surface area contributed by atoms with Gasteiger partial charge in [-0.25, -0.2) is 0 Å². The van der Waals surface area contributed by atoms with Crippen molar-refractivity contribution in [3.8, 4) is 5.75 Å². The predicted octanol–water partition coefficient (Wildman–Crippen LogP) is 0.953. The van der Waals surface area contributed by atoms with E-state index < -0.39 is 0 Å². The fraction of sp³-hybridized carbons (Fsp3) is 0.588. The maximum Gasteiger partial charge on any atom is 0.234 e. The van der Waals surface area contributed by atoms with Gasteiger partial charge in [-0.15, -0.1) is 0 Å². The minimum atomic E-state index is 0.0138. The third-order valence-corrected chi connectivity index (χ3v) is 4.55. The SMILES string of the molecule is O=C(CN1CCCC[C@@H]1CO)NCC1Cc2ccccc2O1. The summed E-state index contributed by atoms with van der Waals surface area (Å²) in [5.41, 5.74) is 1.21. The molecule has 2 aliphatic heterocycles. The Morgan fingerprint density at radius 3 is 3.05 bits per heavy atom. The molecule has 1 aromatic carbocycles. The van der Waals surface area contributed by atoms with E-state index in [1.807, 2.05) is 18.2 Å². The van der Waals surface area contributed by atoms with Crippen molar-refractivity contribution in [1.82, 2.24) is 10.2 Å². The van der Waals surface area contributed by atoms with Crippen LogP contribution in [0.1, 0.15) is 24.8 Å². The van der Waals surface area contributed by atoms with E-state index in [0.29, 0.717) is 13.1 Å². The standard InChI is InChI=1S/C17H24N2O3/c20-12-14-6-3-4-8-19(14)11-17(21)18-10-15-9-13-5-1-2-7-16(13)22-15/h1-2,5,7,14-15,20H,3-4,6,8-12H2,(H,18,21)/t14-,15?/m1/s1. The highest BCUT2D eigenvalue weighted by atomic mass is 16.5. The molecule has 1 aromatic rings. The van der Waals surface area contributed by atoms with Crippen LogP contribution in [0.2, 0.25) is 0 Å². The van der Waals surface area contributed by atoms with Crippen LogP contribution in [0.4, 0.5) is 0 Å². The monoisotopic (exact) mass is 304 g/mol. The first kappa shape index (κ1) is 15.3. The Balaban J connectivity index is 1.43. The van der Waals surface area contributed by atoms with Gasteiger partial charge in [0.25, 0.3) is 0 Å². The van der Waals surface area contributed by atoms with Crippen molar-refractivity contribution < 1.29 is 14.6 Å². The van der Waals surface area contributed by atoms with E-state index in [9.17, 15) is 9.90 Å². The number of benzene rings is 1. The molecule has 2 heterocycles. The second kappa shape index (κ2) is 7.11. The normalized spacial score (nSPS) is 24.6. The molecule has 3 rings (SSSR count). The van der Waals surface area contributed by atoms with Gasteiger partial charge in [-0.05, 0) is 31.0 Å². The smallest absolute Gasteiger partial charge is 0.234 e. The topological polar surface area (TPSA) is 61.8 Å². The molecule has 1 unspecified atom stereocenters. The van der Waals surface area contributed by atoms with Gasteiger partial charge in [-0.1, -0.05) is 24.6 Å². The summed E-state index contributed by atoms with van der Waals surface area (Å²) in [4.78, 5) is 14.2. The summed E-state index contributed by atoms with van der Waals surface area (Å²) in [6.07, 6.45) is 4.09. The number of nitrogens with one attached hydrogen (secondary N) is 1. The van der Waals surface area contributed by atoms with Gasteiger partial charge in [0.1, 0.15) is 11.9 Å². The average Bonchev–Trinajstić information content (AvgIpc) is 2.96. The Labute approximate surface area is 131 Å². The zero-order valence-corrected chi connectivity index (χ0v) is 12.8. The van der Waals surface area contributed by atoms with Crippen molar-refractivity contribution in [3.05, 3.63) is 29.8 Å². The zero-order valence-electron chi connectivity index (χ0n) is 12.8. The first-order valence-corrected chi connectivity index (χ1v) is 8.12. The quantitative estimate of drug-likeness (QED) is 0.850. The van der Waals surface area contributed by atoms with Crippen LogP contribution in [-0.4, -0.2) is 54.3 Å². The Morgan fingerprint density at radius 1 is 1.36 bits per heavy atom. The van der Waals surface area contributed by atoms with Crippen LogP contribution in [0.5, 0.6) is 5.75 Å². The van der Waals surface area contributed by atoms with Crippen molar-refractivity contribution in [2.75, 3.05) is 26.2 Å². The van der Waals surface area contributed by atoms with Crippen LogP contribution >= 0.6 is 0 Å². The minimum absolute atomic E-state index is 0.0138. The summed E-state index contributed by atoms with van der Waals surface area (Å²) in [5, 5.41) is 12.3. The number of hydrogen-bond donors (Lipinski definition) is 2. The number of fused-ring (bicyclic) bond motifs is 1. The lowest BCUT2D eigenvalue weighted by Gasteiger charge is -2.33. The number of likely N-dealkylation sites (tertiary alicyclic amines) is 1. The predicted molar refractivity (Wildman–Crippen MR) is 83.9 cm³/mol. The molecule has 120 valence electrons. The largest absolute Gasteiger partial charge is 0.488 e. The molecule has 1 saturated heterocycles. The van der Waals surface area contributed by atoms with Gasteiger partial charge in [0.05, 0.1) is 19.7 Å². The van der Waals surface area contributed by atoms with E-state index in [4.69, 9.17) is 4.74 Å². The van der Waals surface area contributed by atoms with Gasteiger partial charge in [0.15, 0.2) is 0 Å². The third kappa shape index (κ3) is 3.59. The first-order chi connectivity index (χ1) is 10.8. The third-order valence-electron chi connectivity index (χ3n) is 4.55. The van der Waals surface area contributed by atoms with Gasteiger partial charge < -0.3 is 15.2 Å². The summed E-state index contributed by atoms with van der Waals surface area (Å²) in [6.45, 7) is 1.92. The number of carbonyl (C=O) groups excluding carboxylic acids is 1. The van der Waals surface area contributed by atoms with Crippen LogP contribution < -0.4 is 10.1 Å². The molecule has 22 heavy (non-hydrogen) atoms. The molecular weight excluding hydrogens is 280 g/mol. The fourth-order valence-electron chi connectivity index (χ4n) is 3.31. The molecule has 0 saturated carbocycles. The number of nitrogens with zero attached hydrogens (tertiary/aromatic N) is 1. The first-order valence-electron chi connectivity index (χ1n) is 8.12.